The maximum absolute atomic E-state index is 5.78. The number of hydrogen-bond donors (Lipinski definition) is 1. The summed E-state index contributed by atoms with van der Waals surface area (Å²) in [7, 11) is 0. The second-order valence-electron chi connectivity index (χ2n) is 5.43. The van der Waals surface area contributed by atoms with E-state index in [1.165, 1.54) is 0 Å². The highest BCUT2D eigenvalue weighted by Crippen LogP contribution is 2.21. The molecule has 3 rings (SSSR count). The molecule has 2 heterocycles. The molecule has 0 spiro atoms. The normalized spacial score (nSPS) is 11.4. The minimum Gasteiger partial charge on any atom is -0.389 e. The Kier molecular flexibility index (Phi) is 3.51. The van der Waals surface area contributed by atoms with Gasteiger partial charge in [-0.05, 0) is 32.0 Å². The van der Waals surface area contributed by atoms with Crippen molar-refractivity contribution in [3.8, 4) is 0 Å². The van der Waals surface area contributed by atoms with Gasteiger partial charge < -0.3 is 10.3 Å². The number of nitrogens with two attached hydrogens (primary N) is 1. The average Bonchev–Trinajstić information content (AvgIpc) is 3.06. The van der Waals surface area contributed by atoms with E-state index in [-0.39, 0.29) is 0 Å². The van der Waals surface area contributed by atoms with Gasteiger partial charge in [-0.2, -0.15) is 5.10 Å². The monoisotopic (exact) mass is 298 g/mol. The zero-order valence-electron chi connectivity index (χ0n) is 12.2. The minimum absolute atomic E-state index is 0.376. The van der Waals surface area contributed by atoms with Crippen LogP contribution in [0.15, 0.2) is 42.7 Å². The molecule has 0 bridgehead atoms. The van der Waals surface area contributed by atoms with Gasteiger partial charge in [0.1, 0.15) is 4.99 Å². The largest absolute Gasteiger partial charge is 0.389 e. The highest BCUT2D eigenvalue weighted by atomic mass is 32.1. The summed E-state index contributed by atoms with van der Waals surface area (Å²) < 4.78 is 4.14. The van der Waals surface area contributed by atoms with Crippen molar-refractivity contribution in [3.63, 3.8) is 0 Å². The molecule has 0 atom stereocenters. The predicted molar refractivity (Wildman–Crippen MR) is 89.5 cm³/mol. The molecule has 1 aromatic carbocycles. The van der Waals surface area contributed by atoms with Crippen molar-refractivity contribution in [1.29, 1.82) is 0 Å². The van der Waals surface area contributed by atoms with E-state index in [0.717, 1.165) is 28.7 Å². The molecule has 4 nitrogen and oxygen atoms in total. The van der Waals surface area contributed by atoms with E-state index in [9.17, 15) is 0 Å². The summed E-state index contributed by atoms with van der Waals surface area (Å²) in [6.07, 6.45) is 4.08. The van der Waals surface area contributed by atoms with Crippen LogP contribution in [-0.2, 0) is 6.54 Å². The number of fused-ring (bicyclic) bond motifs is 1. The zero-order chi connectivity index (χ0) is 15.0. The third-order valence-corrected chi connectivity index (χ3v) is 3.82. The van der Waals surface area contributed by atoms with Gasteiger partial charge >= 0.3 is 0 Å². The van der Waals surface area contributed by atoms with E-state index >= 15 is 0 Å². The Bertz CT molecular complexity index is 798. The lowest BCUT2D eigenvalue weighted by Crippen LogP contribution is -2.09. The van der Waals surface area contributed by atoms with Crippen LogP contribution in [0.4, 0.5) is 0 Å². The fourth-order valence-electron chi connectivity index (χ4n) is 2.50. The number of hydrogen-bond acceptors (Lipinski definition) is 2. The van der Waals surface area contributed by atoms with Crippen LogP contribution in [-0.4, -0.2) is 19.3 Å². The third-order valence-electron chi connectivity index (χ3n) is 3.60. The second-order valence-corrected chi connectivity index (χ2v) is 5.87. The molecule has 3 aromatic rings. The average molecular weight is 298 g/mol. The summed E-state index contributed by atoms with van der Waals surface area (Å²) in [5, 5.41) is 5.69. The molecule has 0 saturated carbocycles. The summed E-state index contributed by atoms with van der Waals surface area (Å²) in [6.45, 7) is 4.98. The van der Waals surface area contributed by atoms with E-state index in [1.54, 1.807) is 0 Å². The number of benzene rings is 1. The highest BCUT2D eigenvalue weighted by Gasteiger charge is 2.09. The lowest BCUT2D eigenvalue weighted by atomic mass is 10.1. The summed E-state index contributed by atoms with van der Waals surface area (Å²) >= 11 is 5.11. The molecule has 0 saturated heterocycles. The van der Waals surface area contributed by atoms with Gasteiger partial charge in [0.25, 0.3) is 0 Å². The van der Waals surface area contributed by atoms with Gasteiger partial charge in [0, 0.05) is 34.9 Å². The molecule has 0 radical (unpaired) electrons. The van der Waals surface area contributed by atoms with E-state index in [4.69, 9.17) is 18.0 Å². The first-order valence-electron chi connectivity index (χ1n) is 6.98. The van der Waals surface area contributed by atoms with Gasteiger partial charge in [-0.15, -0.1) is 0 Å². The second kappa shape index (κ2) is 5.33. The summed E-state index contributed by atoms with van der Waals surface area (Å²) in [4.78, 5) is 0.433. The highest BCUT2D eigenvalue weighted by molar-refractivity contribution is 7.80. The van der Waals surface area contributed by atoms with Crippen molar-refractivity contribution >= 4 is 28.1 Å². The molecule has 0 amide bonds. The standard InChI is InChI=1S/C16H18N4S/c1-11(2)20-9-6-12(18-20)10-19-8-7-13-14(16(17)21)4-3-5-15(13)19/h3-9,11H,10H2,1-2H3,(H2,17,21). The van der Waals surface area contributed by atoms with Gasteiger partial charge in [0.15, 0.2) is 0 Å². The Labute approximate surface area is 129 Å². The quantitative estimate of drug-likeness (QED) is 0.753. The zero-order valence-corrected chi connectivity index (χ0v) is 13.0. The SMILES string of the molecule is CC(C)n1ccc(Cn2ccc3c(C(N)=S)cccc32)n1. The first-order valence-corrected chi connectivity index (χ1v) is 7.39. The van der Waals surface area contributed by atoms with Crippen LogP contribution in [0.2, 0.25) is 0 Å². The van der Waals surface area contributed by atoms with Crippen molar-refractivity contribution in [2.75, 3.05) is 0 Å². The molecule has 108 valence electrons. The van der Waals surface area contributed by atoms with Gasteiger partial charge in [-0.1, -0.05) is 24.4 Å². The van der Waals surface area contributed by atoms with Crippen molar-refractivity contribution in [3.05, 3.63) is 54.0 Å². The fraction of sp³-hybridized carbons (Fsp3) is 0.250. The number of nitrogens with zero attached hydrogens (tertiary/aromatic N) is 3. The fourth-order valence-corrected chi connectivity index (χ4v) is 2.68. The van der Waals surface area contributed by atoms with E-state index in [0.29, 0.717) is 11.0 Å². The smallest absolute Gasteiger partial charge is 0.104 e. The van der Waals surface area contributed by atoms with E-state index in [2.05, 4.69) is 47.9 Å². The van der Waals surface area contributed by atoms with Crippen LogP contribution in [0.5, 0.6) is 0 Å². The van der Waals surface area contributed by atoms with Crippen LogP contribution in [0.25, 0.3) is 10.9 Å². The van der Waals surface area contributed by atoms with Gasteiger partial charge in [0.2, 0.25) is 0 Å². The van der Waals surface area contributed by atoms with Crippen molar-refractivity contribution in [2.24, 2.45) is 5.73 Å². The molecule has 5 heteroatoms. The Balaban J connectivity index is 1.97. The van der Waals surface area contributed by atoms with Crippen molar-refractivity contribution in [2.45, 2.75) is 26.4 Å². The molecule has 0 aliphatic heterocycles. The van der Waals surface area contributed by atoms with Crippen molar-refractivity contribution < 1.29 is 0 Å². The Morgan fingerprint density at radius 1 is 1.24 bits per heavy atom. The first kappa shape index (κ1) is 13.8. The molecule has 0 aliphatic rings. The van der Waals surface area contributed by atoms with Crippen LogP contribution < -0.4 is 5.73 Å². The third kappa shape index (κ3) is 2.56. The Hall–Kier alpha value is -2.14. The van der Waals surface area contributed by atoms with E-state index < -0.39 is 0 Å². The maximum atomic E-state index is 5.78. The van der Waals surface area contributed by atoms with E-state index in [1.807, 2.05) is 23.0 Å². The molecule has 2 aromatic heterocycles. The Morgan fingerprint density at radius 2 is 2.05 bits per heavy atom. The summed E-state index contributed by atoms with van der Waals surface area (Å²) in [5.41, 5.74) is 8.88. The number of aromatic nitrogens is 3. The summed E-state index contributed by atoms with van der Waals surface area (Å²) in [6, 6.07) is 10.5. The van der Waals surface area contributed by atoms with Crippen LogP contribution in [0.3, 0.4) is 0 Å². The topological polar surface area (TPSA) is 48.8 Å². The maximum Gasteiger partial charge on any atom is 0.104 e. The van der Waals surface area contributed by atoms with Crippen LogP contribution in [0, 0.1) is 0 Å². The molecular formula is C16H18N4S. The molecule has 0 aliphatic carbocycles. The number of thiocarbonyl (C=S) groups is 1. The van der Waals surface area contributed by atoms with Gasteiger partial charge in [0.05, 0.1) is 12.2 Å². The lowest BCUT2D eigenvalue weighted by molar-refractivity contribution is 0.524. The van der Waals surface area contributed by atoms with Gasteiger partial charge in [-0.25, -0.2) is 0 Å². The first-order chi connectivity index (χ1) is 10.1. The molecule has 21 heavy (non-hydrogen) atoms. The van der Waals surface area contributed by atoms with Gasteiger partial charge in [-0.3, -0.25) is 4.68 Å². The Morgan fingerprint density at radius 3 is 2.71 bits per heavy atom. The predicted octanol–water partition coefficient (Wildman–Crippen LogP) is 3.10. The summed E-state index contributed by atoms with van der Waals surface area (Å²) in [5.74, 6) is 0. The van der Waals surface area contributed by atoms with Crippen LogP contribution >= 0.6 is 12.2 Å². The number of rotatable bonds is 4. The molecule has 0 fully saturated rings. The molecular weight excluding hydrogens is 280 g/mol. The van der Waals surface area contributed by atoms with Crippen molar-refractivity contribution in [1.82, 2.24) is 14.3 Å². The molecule has 0 unspecified atom stereocenters. The molecule has 2 N–H and O–H groups in total. The van der Waals surface area contributed by atoms with Crippen LogP contribution in [0.1, 0.15) is 31.1 Å². The minimum atomic E-state index is 0.376. The lowest BCUT2D eigenvalue weighted by Gasteiger charge is -2.06.